The standard InChI is InChI=1S/C33H35N3O3/c1-38-30-19-25-14-17-36(22-26(25)20-31(30)39-2)32-21-28(27-10-6-7-11-29(27)34-32)33(37)35-15-12-24(13-16-35)18-23-8-4-3-5-9-23/h3-11,19-21,24H,12-18,22H2,1-2H3. The van der Waals surface area contributed by atoms with E-state index in [9.17, 15) is 4.79 Å². The van der Waals surface area contributed by atoms with Crippen LogP contribution >= 0.6 is 0 Å². The van der Waals surface area contributed by atoms with Crippen LogP contribution in [-0.4, -0.2) is 49.6 Å². The Kier molecular flexibility index (Phi) is 7.10. The van der Waals surface area contributed by atoms with E-state index in [1.54, 1.807) is 14.2 Å². The second-order valence-corrected chi connectivity index (χ2v) is 10.6. The highest BCUT2D eigenvalue weighted by molar-refractivity contribution is 6.07. The second-order valence-electron chi connectivity index (χ2n) is 10.6. The monoisotopic (exact) mass is 521 g/mol. The quantitative estimate of drug-likeness (QED) is 0.316. The van der Waals surface area contributed by atoms with Crippen LogP contribution in [0.3, 0.4) is 0 Å². The van der Waals surface area contributed by atoms with Gasteiger partial charge in [0.25, 0.3) is 5.91 Å². The zero-order valence-corrected chi connectivity index (χ0v) is 22.7. The fourth-order valence-corrected chi connectivity index (χ4v) is 6.04. The summed E-state index contributed by atoms with van der Waals surface area (Å²) in [5, 5.41) is 0.918. The Morgan fingerprint density at radius 3 is 2.31 bits per heavy atom. The van der Waals surface area contributed by atoms with Crippen molar-refractivity contribution in [2.75, 3.05) is 38.8 Å². The van der Waals surface area contributed by atoms with E-state index in [1.165, 1.54) is 16.7 Å². The van der Waals surface area contributed by atoms with Gasteiger partial charge in [-0.3, -0.25) is 4.79 Å². The molecular weight excluding hydrogens is 486 g/mol. The lowest BCUT2D eigenvalue weighted by Crippen LogP contribution is -2.39. The minimum Gasteiger partial charge on any atom is -0.493 e. The fraction of sp³-hybridized carbons (Fsp3) is 0.333. The molecule has 0 spiro atoms. The van der Waals surface area contributed by atoms with Crippen molar-refractivity contribution in [2.24, 2.45) is 5.92 Å². The van der Waals surface area contributed by atoms with Gasteiger partial charge in [-0.05, 0) is 72.6 Å². The summed E-state index contributed by atoms with van der Waals surface area (Å²) in [7, 11) is 3.33. The predicted octanol–water partition coefficient (Wildman–Crippen LogP) is 5.91. The lowest BCUT2D eigenvalue weighted by molar-refractivity contribution is 0.0692. The van der Waals surface area contributed by atoms with Gasteiger partial charge in [0.05, 0.1) is 25.3 Å². The van der Waals surface area contributed by atoms with Gasteiger partial charge < -0.3 is 19.3 Å². The SMILES string of the molecule is COc1cc2c(cc1OC)CN(c1cc(C(=O)N3CCC(Cc4ccccc4)CC3)c3ccccc3n1)CC2. The van der Waals surface area contributed by atoms with E-state index >= 15 is 0 Å². The molecule has 0 radical (unpaired) electrons. The minimum absolute atomic E-state index is 0.108. The van der Waals surface area contributed by atoms with Gasteiger partial charge in [-0.15, -0.1) is 0 Å². The third-order valence-electron chi connectivity index (χ3n) is 8.24. The number of para-hydroxylation sites is 1. The number of methoxy groups -OCH3 is 2. The number of rotatable bonds is 6. The Balaban J connectivity index is 1.24. The number of hydrogen-bond donors (Lipinski definition) is 0. The van der Waals surface area contributed by atoms with E-state index in [1.807, 2.05) is 35.2 Å². The van der Waals surface area contributed by atoms with Gasteiger partial charge in [0.2, 0.25) is 0 Å². The minimum atomic E-state index is 0.108. The molecule has 2 aliphatic rings. The molecule has 0 N–H and O–H groups in total. The lowest BCUT2D eigenvalue weighted by atomic mass is 9.90. The van der Waals surface area contributed by atoms with Crippen LogP contribution in [0.15, 0.2) is 72.8 Å². The maximum atomic E-state index is 13.9. The molecule has 1 aromatic heterocycles. The molecule has 0 unspecified atom stereocenters. The Labute approximate surface area is 230 Å². The number of fused-ring (bicyclic) bond motifs is 2. The van der Waals surface area contributed by atoms with Crippen LogP contribution < -0.4 is 14.4 Å². The number of amides is 1. The van der Waals surface area contributed by atoms with Crippen molar-refractivity contribution >= 4 is 22.6 Å². The molecule has 39 heavy (non-hydrogen) atoms. The number of pyridine rings is 1. The first-order chi connectivity index (χ1) is 19.1. The number of nitrogens with zero attached hydrogens (tertiary/aromatic N) is 3. The summed E-state index contributed by atoms with van der Waals surface area (Å²) in [4.78, 5) is 23.2. The summed E-state index contributed by atoms with van der Waals surface area (Å²) in [6.45, 7) is 3.12. The lowest BCUT2D eigenvalue weighted by Gasteiger charge is -2.33. The highest BCUT2D eigenvalue weighted by atomic mass is 16.5. The second kappa shape index (κ2) is 11.0. The average molecular weight is 522 g/mol. The van der Waals surface area contributed by atoms with Crippen molar-refractivity contribution in [1.82, 2.24) is 9.88 Å². The highest BCUT2D eigenvalue weighted by Crippen LogP contribution is 2.35. The van der Waals surface area contributed by atoms with E-state index in [-0.39, 0.29) is 5.91 Å². The predicted molar refractivity (Wildman–Crippen MR) is 155 cm³/mol. The Morgan fingerprint density at radius 2 is 1.56 bits per heavy atom. The number of hydrogen-bond acceptors (Lipinski definition) is 5. The first-order valence-electron chi connectivity index (χ1n) is 13.8. The smallest absolute Gasteiger partial charge is 0.254 e. The van der Waals surface area contributed by atoms with Gasteiger partial charge in [0.15, 0.2) is 11.5 Å². The number of aromatic nitrogens is 1. The van der Waals surface area contributed by atoms with Crippen LogP contribution in [0.25, 0.3) is 10.9 Å². The first kappa shape index (κ1) is 25.2. The van der Waals surface area contributed by atoms with Crippen LogP contribution in [0.4, 0.5) is 5.82 Å². The molecule has 2 aliphatic heterocycles. The van der Waals surface area contributed by atoms with Gasteiger partial charge in [-0.1, -0.05) is 48.5 Å². The van der Waals surface area contributed by atoms with Crippen molar-refractivity contribution in [1.29, 1.82) is 0 Å². The number of piperidine rings is 1. The molecule has 200 valence electrons. The number of carbonyl (C=O) groups is 1. The zero-order valence-electron chi connectivity index (χ0n) is 22.7. The largest absolute Gasteiger partial charge is 0.493 e. The number of anilines is 1. The summed E-state index contributed by atoms with van der Waals surface area (Å²) in [5.74, 6) is 3.06. The van der Waals surface area contributed by atoms with Crippen LogP contribution in [0.5, 0.6) is 11.5 Å². The number of benzene rings is 3. The van der Waals surface area contributed by atoms with E-state index in [4.69, 9.17) is 14.5 Å². The van der Waals surface area contributed by atoms with Crippen LogP contribution in [0, 0.1) is 5.92 Å². The molecule has 1 fully saturated rings. The van der Waals surface area contributed by atoms with Gasteiger partial charge in [0.1, 0.15) is 5.82 Å². The number of carbonyl (C=O) groups excluding carboxylic acids is 1. The molecular formula is C33H35N3O3. The number of ether oxygens (including phenoxy) is 2. The van der Waals surface area contributed by atoms with E-state index in [2.05, 4.69) is 47.4 Å². The summed E-state index contributed by atoms with van der Waals surface area (Å²) in [6, 6.07) is 24.8. The molecule has 3 heterocycles. The van der Waals surface area contributed by atoms with Crippen molar-refractivity contribution < 1.29 is 14.3 Å². The molecule has 0 aliphatic carbocycles. The van der Waals surface area contributed by atoms with Gasteiger partial charge in [-0.25, -0.2) is 4.98 Å². The van der Waals surface area contributed by atoms with E-state index in [0.717, 1.165) is 79.1 Å². The van der Waals surface area contributed by atoms with Gasteiger partial charge >= 0.3 is 0 Å². The molecule has 6 rings (SSSR count). The number of likely N-dealkylation sites (tertiary alicyclic amines) is 1. The topological polar surface area (TPSA) is 54.9 Å². The third kappa shape index (κ3) is 5.16. The van der Waals surface area contributed by atoms with E-state index in [0.29, 0.717) is 12.5 Å². The fourth-order valence-electron chi connectivity index (χ4n) is 6.04. The molecule has 3 aromatic carbocycles. The summed E-state index contributed by atoms with van der Waals surface area (Å²) in [6.07, 6.45) is 4.02. The molecule has 0 saturated carbocycles. The molecule has 6 heteroatoms. The first-order valence-corrected chi connectivity index (χ1v) is 13.8. The Hall–Kier alpha value is -4.06. The Morgan fingerprint density at radius 1 is 0.872 bits per heavy atom. The molecule has 0 bridgehead atoms. The van der Waals surface area contributed by atoms with Crippen molar-refractivity contribution in [3.8, 4) is 11.5 Å². The van der Waals surface area contributed by atoms with Crippen molar-refractivity contribution in [3.05, 3.63) is 95.1 Å². The van der Waals surface area contributed by atoms with Crippen molar-refractivity contribution in [2.45, 2.75) is 32.2 Å². The van der Waals surface area contributed by atoms with Gasteiger partial charge in [0, 0.05) is 31.6 Å². The zero-order chi connectivity index (χ0) is 26.8. The maximum absolute atomic E-state index is 13.9. The van der Waals surface area contributed by atoms with E-state index < -0.39 is 0 Å². The maximum Gasteiger partial charge on any atom is 0.254 e. The van der Waals surface area contributed by atoms with Crippen LogP contribution in [-0.2, 0) is 19.4 Å². The average Bonchev–Trinajstić information content (AvgIpc) is 3.00. The van der Waals surface area contributed by atoms with Crippen LogP contribution in [0.2, 0.25) is 0 Å². The molecule has 0 atom stereocenters. The molecule has 6 nitrogen and oxygen atoms in total. The Bertz CT molecular complexity index is 1480. The van der Waals surface area contributed by atoms with Crippen molar-refractivity contribution in [3.63, 3.8) is 0 Å². The van der Waals surface area contributed by atoms with Gasteiger partial charge in [-0.2, -0.15) is 0 Å². The summed E-state index contributed by atoms with van der Waals surface area (Å²) in [5.41, 5.74) is 5.44. The normalized spacial score (nSPS) is 15.7. The molecule has 1 amide bonds. The highest BCUT2D eigenvalue weighted by Gasteiger charge is 2.27. The summed E-state index contributed by atoms with van der Waals surface area (Å²) < 4.78 is 11.1. The van der Waals surface area contributed by atoms with Crippen LogP contribution in [0.1, 0.15) is 39.9 Å². The summed E-state index contributed by atoms with van der Waals surface area (Å²) >= 11 is 0. The third-order valence-corrected chi connectivity index (χ3v) is 8.24. The molecule has 1 saturated heterocycles. The molecule has 4 aromatic rings.